The maximum atomic E-state index is 12.3. The van der Waals surface area contributed by atoms with Gasteiger partial charge >= 0.3 is 5.97 Å². The van der Waals surface area contributed by atoms with Gasteiger partial charge in [0.25, 0.3) is 5.91 Å². The topological polar surface area (TPSA) is 67.8 Å². The van der Waals surface area contributed by atoms with Gasteiger partial charge in [-0.25, -0.2) is 10.2 Å². The van der Waals surface area contributed by atoms with Crippen molar-refractivity contribution >= 4 is 52.1 Å². The van der Waals surface area contributed by atoms with Crippen molar-refractivity contribution in [2.75, 3.05) is 0 Å². The van der Waals surface area contributed by atoms with Crippen molar-refractivity contribution in [2.24, 2.45) is 5.10 Å². The minimum atomic E-state index is -0.548. The molecule has 0 saturated heterocycles. The number of nitrogens with one attached hydrogen (secondary N) is 1. The van der Waals surface area contributed by atoms with Gasteiger partial charge in [-0.05, 0) is 70.9 Å². The van der Waals surface area contributed by atoms with Gasteiger partial charge in [0.05, 0.1) is 21.8 Å². The number of benzene rings is 4. The predicted octanol–water partition coefficient (Wildman–Crippen LogP) is 6.13. The Morgan fingerprint density at radius 1 is 0.781 bits per heavy atom. The van der Waals surface area contributed by atoms with Crippen LogP contribution in [-0.4, -0.2) is 18.1 Å². The van der Waals surface area contributed by atoms with Crippen LogP contribution in [0.15, 0.2) is 90.0 Å². The van der Waals surface area contributed by atoms with Crippen molar-refractivity contribution in [3.63, 3.8) is 0 Å². The van der Waals surface area contributed by atoms with Gasteiger partial charge < -0.3 is 4.74 Å². The van der Waals surface area contributed by atoms with Crippen molar-refractivity contribution in [1.29, 1.82) is 0 Å². The summed E-state index contributed by atoms with van der Waals surface area (Å²) in [6.45, 7) is 0. The average Bonchev–Trinajstić information content (AvgIpc) is 2.81. The molecule has 0 saturated carbocycles. The number of amides is 1. The standard InChI is InChI=1S/C25H16Cl2N2O3/c26-22-12-9-20(14-23(22)27)25(31)32-21-10-5-16(6-11-21)15-28-29-24(30)19-8-7-17-3-1-2-4-18(17)13-19/h1-15H,(H,29,30)/b28-15-. The molecule has 7 heteroatoms. The SMILES string of the molecule is O=C(N/N=C\c1ccc(OC(=O)c2ccc(Cl)c(Cl)c2)cc1)c1ccc2ccccc2c1. The Bertz CT molecular complexity index is 1330. The molecule has 0 aliphatic heterocycles. The summed E-state index contributed by atoms with van der Waals surface area (Å²) in [6, 6.07) is 24.5. The molecule has 0 aliphatic rings. The first-order chi connectivity index (χ1) is 15.5. The molecule has 0 radical (unpaired) electrons. The maximum Gasteiger partial charge on any atom is 0.343 e. The van der Waals surface area contributed by atoms with Gasteiger partial charge in [-0.3, -0.25) is 4.79 Å². The average molecular weight is 463 g/mol. The fourth-order valence-corrected chi connectivity index (χ4v) is 3.27. The second kappa shape index (κ2) is 9.64. The second-order valence-corrected chi connectivity index (χ2v) is 7.66. The van der Waals surface area contributed by atoms with E-state index in [1.807, 2.05) is 36.4 Å². The molecule has 32 heavy (non-hydrogen) atoms. The van der Waals surface area contributed by atoms with E-state index in [0.29, 0.717) is 21.9 Å². The smallest absolute Gasteiger partial charge is 0.343 e. The molecule has 4 aromatic rings. The largest absolute Gasteiger partial charge is 0.423 e. The fraction of sp³-hybridized carbons (Fsp3) is 0. The molecular weight excluding hydrogens is 447 g/mol. The molecule has 1 amide bonds. The van der Waals surface area contributed by atoms with Crippen molar-refractivity contribution in [3.05, 3.63) is 112 Å². The first kappa shape index (κ1) is 21.6. The number of esters is 1. The van der Waals surface area contributed by atoms with Crippen LogP contribution >= 0.6 is 23.2 Å². The minimum Gasteiger partial charge on any atom is -0.423 e. The van der Waals surface area contributed by atoms with E-state index < -0.39 is 5.97 Å². The third-order valence-corrected chi connectivity index (χ3v) is 5.38. The molecule has 0 fully saturated rings. The van der Waals surface area contributed by atoms with Crippen molar-refractivity contribution in [1.82, 2.24) is 5.43 Å². The first-order valence-corrected chi connectivity index (χ1v) is 10.3. The zero-order chi connectivity index (χ0) is 22.5. The number of ether oxygens (including phenoxy) is 1. The van der Waals surface area contributed by atoms with Gasteiger partial charge in [-0.15, -0.1) is 0 Å². The maximum absolute atomic E-state index is 12.3. The third kappa shape index (κ3) is 5.14. The van der Waals surface area contributed by atoms with Crippen molar-refractivity contribution in [3.8, 4) is 5.75 Å². The van der Waals surface area contributed by atoms with E-state index >= 15 is 0 Å². The number of rotatable bonds is 5. The monoisotopic (exact) mass is 462 g/mol. The van der Waals surface area contributed by atoms with Gasteiger partial charge in [-0.2, -0.15) is 5.10 Å². The van der Waals surface area contributed by atoms with E-state index in [1.54, 1.807) is 30.3 Å². The Morgan fingerprint density at radius 2 is 1.50 bits per heavy atom. The molecule has 0 aromatic heterocycles. The molecule has 0 bridgehead atoms. The van der Waals surface area contributed by atoms with Crippen LogP contribution in [0.25, 0.3) is 10.8 Å². The highest BCUT2D eigenvalue weighted by Crippen LogP contribution is 2.23. The predicted molar refractivity (Wildman–Crippen MR) is 127 cm³/mol. The zero-order valence-electron chi connectivity index (χ0n) is 16.6. The van der Waals surface area contributed by atoms with E-state index in [4.69, 9.17) is 27.9 Å². The van der Waals surface area contributed by atoms with Crippen LogP contribution in [0, 0.1) is 0 Å². The lowest BCUT2D eigenvalue weighted by molar-refractivity contribution is 0.0734. The van der Waals surface area contributed by atoms with E-state index in [0.717, 1.165) is 16.3 Å². The number of fused-ring (bicyclic) bond motifs is 1. The molecule has 4 rings (SSSR count). The Morgan fingerprint density at radius 3 is 2.25 bits per heavy atom. The van der Waals surface area contributed by atoms with E-state index in [1.165, 1.54) is 24.4 Å². The molecule has 1 N–H and O–H groups in total. The Hall–Kier alpha value is -3.67. The van der Waals surface area contributed by atoms with E-state index in [9.17, 15) is 9.59 Å². The van der Waals surface area contributed by atoms with Crippen LogP contribution in [0.5, 0.6) is 5.75 Å². The zero-order valence-corrected chi connectivity index (χ0v) is 18.1. The summed E-state index contributed by atoms with van der Waals surface area (Å²) in [7, 11) is 0. The van der Waals surface area contributed by atoms with Gasteiger partial charge in [-0.1, -0.05) is 53.5 Å². The Kier molecular flexibility index (Phi) is 6.50. The van der Waals surface area contributed by atoms with Crippen LogP contribution in [0.1, 0.15) is 26.3 Å². The van der Waals surface area contributed by atoms with Gasteiger partial charge in [0.15, 0.2) is 0 Å². The van der Waals surface area contributed by atoms with E-state index in [-0.39, 0.29) is 10.9 Å². The lowest BCUT2D eigenvalue weighted by Crippen LogP contribution is -2.17. The lowest BCUT2D eigenvalue weighted by Gasteiger charge is -2.05. The summed E-state index contributed by atoms with van der Waals surface area (Å²) in [5.41, 5.74) is 4.04. The highest BCUT2D eigenvalue weighted by atomic mass is 35.5. The molecule has 158 valence electrons. The number of hydrogen-bond donors (Lipinski definition) is 1. The molecule has 0 aliphatic carbocycles. The summed E-state index contributed by atoms with van der Waals surface area (Å²) in [5.74, 6) is -0.495. The van der Waals surface area contributed by atoms with Crippen LogP contribution in [0.3, 0.4) is 0 Å². The Balaban J connectivity index is 1.35. The highest BCUT2D eigenvalue weighted by Gasteiger charge is 2.11. The van der Waals surface area contributed by atoms with Gasteiger partial charge in [0, 0.05) is 5.56 Å². The third-order valence-electron chi connectivity index (χ3n) is 4.64. The number of carbonyl (C=O) groups is 2. The van der Waals surface area contributed by atoms with Gasteiger partial charge in [0.1, 0.15) is 5.75 Å². The number of hydrogen-bond acceptors (Lipinski definition) is 4. The van der Waals surface area contributed by atoms with Gasteiger partial charge in [0.2, 0.25) is 0 Å². The van der Waals surface area contributed by atoms with Crippen LogP contribution < -0.4 is 10.2 Å². The van der Waals surface area contributed by atoms with E-state index in [2.05, 4.69) is 10.5 Å². The second-order valence-electron chi connectivity index (χ2n) is 6.85. The lowest BCUT2D eigenvalue weighted by atomic mass is 10.1. The number of hydrazone groups is 1. The number of halogens is 2. The molecular formula is C25H16Cl2N2O3. The van der Waals surface area contributed by atoms with Crippen LogP contribution in [0.2, 0.25) is 10.0 Å². The molecule has 0 heterocycles. The molecule has 0 unspecified atom stereocenters. The normalized spacial score (nSPS) is 10.9. The highest BCUT2D eigenvalue weighted by molar-refractivity contribution is 6.42. The summed E-state index contributed by atoms with van der Waals surface area (Å²) in [4.78, 5) is 24.6. The van der Waals surface area contributed by atoms with Crippen LogP contribution in [0.4, 0.5) is 0 Å². The molecule has 4 aromatic carbocycles. The summed E-state index contributed by atoms with van der Waals surface area (Å²) < 4.78 is 5.33. The van der Waals surface area contributed by atoms with Crippen molar-refractivity contribution in [2.45, 2.75) is 0 Å². The number of nitrogens with zero attached hydrogens (tertiary/aromatic N) is 1. The fourth-order valence-electron chi connectivity index (χ4n) is 2.97. The molecule has 5 nitrogen and oxygen atoms in total. The van der Waals surface area contributed by atoms with Crippen LogP contribution in [-0.2, 0) is 0 Å². The molecule has 0 spiro atoms. The summed E-state index contributed by atoms with van der Waals surface area (Å²) >= 11 is 11.8. The summed E-state index contributed by atoms with van der Waals surface area (Å²) in [6.07, 6.45) is 1.50. The quantitative estimate of drug-likeness (QED) is 0.168. The minimum absolute atomic E-state index is 0.276. The Labute approximate surface area is 194 Å². The first-order valence-electron chi connectivity index (χ1n) is 9.59. The van der Waals surface area contributed by atoms with Crippen molar-refractivity contribution < 1.29 is 14.3 Å². The molecule has 0 atom stereocenters. The number of carbonyl (C=O) groups excluding carboxylic acids is 2. The summed E-state index contributed by atoms with van der Waals surface area (Å²) in [5, 5.41) is 6.68.